The summed E-state index contributed by atoms with van der Waals surface area (Å²) in [5.74, 6) is 1.34. The van der Waals surface area contributed by atoms with Crippen LogP contribution in [-0.4, -0.2) is 93.5 Å². The Balaban J connectivity index is 1.06. The molecule has 9 aliphatic rings. The molecular weight excluding hydrogens is 578 g/mol. The first-order chi connectivity index (χ1) is 23.3. The lowest BCUT2D eigenvalue weighted by Gasteiger charge is -2.75. The number of piperazine rings is 2. The number of nitrogens with zero attached hydrogens (tertiary/aromatic N) is 3. The Morgan fingerprint density at radius 2 is 0.830 bits per heavy atom. The minimum absolute atomic E-state index is 0.322. The van der Waals surface area contributed by atoms with Crippen LogP contribution in [0.4, 0.5) is 0 Å². The molecule has 4 saturated heterocycles. The van der Waals surface area contributed by atoms with Gasteiger partial charge in [-0.1, -0.05) is 86.3 Å². The first-order valence-electron chi connectivity index (χ1n) is 20.0. The lowest BCUT2D eigenvalue weighted by Crippen LogP contribution is -2.90. The Kier molecular flexibility index (Phi) is 7.03. The quantitative estimate of drug-likeness (QED) is 0.325. The van der Waals surface area contributed by atoms with Crippen molar-refractivity contribution >= 4 is 0 Å². The van der Waals surface area contributed by atoms with Crippen molar-refractivity contribution in [3.05, 3.63) is 71.8 Å². The molecule has 250 valence electrons. The molecule has 0 radical (unpaired) electrons. The molecular formula is C42H55N3O2. The third kappa shape index (κ3) is 4.38. The van der Waals surface area contributed by atoms with Crippen LogP contribution in [0.1, 0.15) is 119 Å². The maximum absolute atomic E-state index is 7.35. The first-order valence-corrected chi connectivity index (χ1v) is 20.0. The molecule has 5 saturated carbocycles. The van der Waals surface area contributed by atoms with Gasteiger partial charge >= 0.3 is 0 Å². The lowest BCUT2D eigenvalue weighted by molar-refractivity contribution is -0.318. The van der Waals surface area contributed by atoms with E-state index < -0.39 is 0 Å². The fourth-order valence-electron chi connectivity index (χ4n) is 13.8. The summed E-state index contributed by atoms with van der Waals surface area (Å²) in [6, 6.07) is 28.7. The number of hydrogen-bond acceptors (Lipinski definition) is 5. The van der Waals surface area contributed by atoms with E-state index in [1.54, 1.807) is 11.1 Å². The third-order valence-electron chi connectivity index (χ3n) is 15.4. The highest BCUT2D eigenvalue weighted by atomic mass is 16.5. The predicted octanol–water partition coefficient (Wildman–Crippen LogP) is 7.26. The van der Waals surface area contributed by atoms with E-state index in [0.29, 0.717) is 90.6 Å². The van der Waals surface area contributed by atoms with Gasteiger partial charge < -0.3 is 9.47 Å². The molecule has 5 heteroatoms. The van der Waals surface area contributed by atoms with Gasteiger partial charge in [0.2, 0.25) is 0 Å². The SMILES string of the molecule is c1ccc(C2CCC3C(C2)N2C4CC(c5ccccc5)CCC4N4C5CCCCC5OC5CC6OC7CCCCC7N3C6C2C54)cc1. The van der Waals surface area contributed by atoms with Crippen molar-refractivity contribution in [1.82, 2.24) is 14.7 Å². The Hall–Kier alpha value is -1.76. The zero-order valence-corrected chi connectivity index (χ0v) is 28.2. The van der Waals surface area contributed by atoms with Gasteiger partial charge in [-0.25, -0.2) is 0 Å². The van der Waals surface area contributed by atoms with Gasteiger partial charge in [-0.2, -0.15) is 0 Å². The standard InChI is InChI=1S/C42H55N3O2/c1-3-11-26(12-4-1)28-19-21-30-34(23-28)45-35-24-29(27-13-5-2-6-14-27)20-22-31(35)44-33-16-8-10-18-37(33)47-39-25-38-40(42(45)41(39)44)43(30)32-15-7-9-17-36(32)46-38/h1-6,11-14,28-42H,7-10,15-25H2. The second-order valence-corrected chi connectivity index (χ2v) is 17.3. The molecule has 2 aromatic carbocycles. The smallest absolute Gasteiger partial charge is 0.0776 e. The van der Waals surface area contributed by atoms with E-state index in [-0.39, 0.29) is 0 Å². The molecule has 47 heavy (non-hydrogen) atoms. The molecule has 0 bridgehead atoms. The Morgan fingerprint density at radius 1 is 0.383 bits per heavy atom. The number of hydrogen-bond donors (Lipinski definition) is 0. The first kappa shape index (κ1) is 29.0. The van der Waals surface area contributed by atoms with Crippen LogP contribution in [0.3, 0.4) is 0 Å². The second-order valence-electron chi connectivity index (χ2n) is 17.3. The highest BCUT2D eigenvalue weighted by Crippen LogP contribution is 2.58. The zero-order valence-electron chi connectivity index (χ0n) is 28.2. The van der Waals surface area contributed by atoms with Gasteiger partial charge in [0, 0.05) is 48.7 Å². The minimum atomic E-state index is 0.322. The maximum Gasteiger partial charge on any atom is 0.0776 e. The molecule has 5 aliphatic carbocycles. The molecule has 0 spiro atoms. The van der Waals surface area contributed by atoms with E-state index in [0.717, 1.165) is 6.42 Å². The summed E-state index contributed by atoms with van der Waals surface area (Å²) in [7, 11) is 0. The van der Waals surface area contributed by atoms with Crippen molar-refractivity contribution in [2.24, 2.45) is 0 Å². The number of rotatable bonds is 2. The summed E-state index contributed by atoms with van der Waals surface area (Å²) in [6.45, 7) is 0. The van der Waals surface area contributed by atoms with Gasteiger partial charge in [0.25, 0.3) is 0 Å². The number of fused-ring (bicyclic) bond motifs is 10. The summed E-state index contributed by atoms with van der Waals surface area (Å²) in [5.41, 5.74) is 3.16. The second kappa shape index (κ2) is 11.4. The highest BCUT2D eigenvalue weighted by Gasteiger charge is 2.69. The summed E-state index contributed by atoms with van der Waals surface area (Å²) < 4.78 is 14.7. The molecule has 9 fully saturated rings. The maximum atomic E-state index is 7.35. The van der Waals surface area contributed by atoms with E-state index >= 15 is 0 Å². The van der Waals surface area contributed by atoms with Crippen molar-refractivity contribution in [2.45, 2.75) is 187 Å². The van der Waals surface area contributed by atoms with Crippen LogP contribution in [0.15, 0.2) is 60.7 Å². The topological polar surface area (TPSA) is 28.2 Å². The lowest BCUT2D eigenvalue weighted by atomic mass is 9.62. The van der Waals surface area contributed by atoms with Gasteiger partial charge in [0.15, 0.2) is 0 Å². The Labute approximate surface area is 282 Å². The predicted molar refractivity (Wildman–Crippen MR) is 185 cm³/mol. The average molecular weight is 634 g/mol. The van der Waals surface area contributed by atoms with E-state index in [1.165, 1.54) is 89.9 Å². The van der Waals surface area contributed by atoms with Crippen LogP contribution in [-0.2, 0) is 9.47 Å². The molecule has 11 rings (SSSR count). The van der Waals surface area contributed by atoms with Gasteiger partial charge in [0.1, 0.15) is 0 Å². The van der Waals surface area contributed by atoms with E-state index in [9.17, 15) is 0 Å². The largest absolute Gasteiger partial charge is 0.372 e. The number of morpholine rings is 2. The van der Waals surface area contributed by atoms with Crippen LogP contribution in [0.5, 0.6) is 0 Å². The van der Waals surface area contributed by atoms with E-state index in [1.807, 2.05) is 0 Å². The Bertz CT molecular complexity index is 1330. The van der Waals surface area contributed by atoms with Gasteiger partial charge in [-0.3, -0.25) is 14.7 Å². The molecule has 0 aromatic heterocycles. The monoisotopic (exact) mass is 633 g/mol. The Morgan fingerprint density at radius 3 is 1.32 bits per heavy atom. The average Bonchev–Trinajstić information content (AvgIpc) is 3.14. The molecule has 5 nitrogen and oxygen atoms in total. The molecule has 0 amide bonds. The van der Waals surface area contributed by atoms with Crippen LogP contribution in [0.25, 0.3) is 0 Å². The summed E-state index contributed by atoms with van der Waals surface area (Å²) in [6.07, 6.45) is 21.3. The summed E-state index contributed by atoms with van der Waals surface area (Å²) >= 11 is 0. The van der Waals surface area contributed by atoms with Crippen molar-refractivity contribution in [1.29, 1.82) is 0 Å². The number of benzene rings is 2. The third-order valence-corrected chi connectivity index (χ3v) is 15.4. The summed E-state index contributed by atoms with van der Waals surface area (Å²) in [5, 5.41) is 0. The fourth-order valence-corrected chi connectivity index (χ4v) is 13.8. The molecule has 4 heterocycles. The fraction of sp³-hybridized carbons (Fsp3) is 0.714. The molecule has 4 aliphatic heterocycles. The summed E-state index contributed by atoms with van der Waals surface area (Å²) in [4.78, 5) is 9.70. The van der Waals surface area contributed by atoms with E-state index in [2.05, 4.69) is 75.4 Å². The minimum Gasteiger partial charge on any atom is -0.372 e. The number of ether oxygens (including phenoxy) is 2. The van der Waals surface area contributed by atoms with Crippen LogP contribution >= 0.6 is 0 Å². The van der Waals surface area contributed by atoms with Gasteiger partial charge in [0.05, 0.1) is 36.5 Å². The molecule has 0 N–H and O–H groups in total. The molecule has 14 unspecified atom stereocenters. The van der Waals surface area contributed by atoms with Crippen molar-refractivity contribution in [3.63, 3.8) is 0 Å². The van der Waals surface area contributed by atoms with Gasteiger partial charge in [-0.15, -0.1) is 0 Å². The van der Waals surface area contributed by atoms with Crippen LogP contribution < -0.4 is 0 Å². The van der Waals surface area contributed by atoms with E-state index in [4.69, 9.17) is 9.47 Å². The van der Waals surface area contributed by atoms with Crippen LogP contribution in [0.2, 0.25) is 0 Å². The molecule has 14 atom stereocenters. The van der Waals surface area contributed by atoms with Crippen LogP contribution in [0, 0.1) is 0 Å². The highest BCUT2D eigenvalue weighted by molar-refractivity contribution is 5.29. The molecule has 2 aromatic rings. The zero-order chi connectivity index (χ0) is 30.6. The van der Waals surface area contributed by atoms with Gasteiger partial charge in [-0.05, 0) is 87.2 Å². The normalized spacial score (nSPS) is 49.1. The van der Waals surface area contributed by atoms with Crippen molar-refractivity contribution in [3.8, 4) is 0 Å². The van der Waals surface area contributed by atoms with Crippen molar-refractivity contribution < 1.29 is 9.47 Å². The van der Waals surface area contributed by atoms with Crippen molar-refractivity contribution in [2.75, 3.05) is 0 Å².